The molecule has 0 saturated carbocycles. The van der Waals surface area contributed by atoms with Crippen LogP contribution in [0.5, 0.6) is 0 Å². The Labute approximate surface area is 136 Å². The first-order chi connectivity index (χ1) is 8.50. The predicted octanol–water partition coefficient (Wildman–Crippen LogP) is 4.87. The zero-order valence-corrected chi connectivity index (χ0v) is 13.0. The van der Waals surface area contributed by atoms with Crippen LogP contribution in [0, 0.1) is 0 Å². The quantitative estimate of drug-likeness (QED) is 0.561. The zero-order chi connectivity index (χ0) is 15.1. The van der Waals surface area contributed by atoms with Gasteiger partial charge in [0.15, 0.2) is 0 Å². The van der Waals surface area contributed by atoms with Crippen molar-refractivity contribution in [3.05, 3.63) is 31.8 Å². The SMILES string of the molecule is O=C(O)c1c(Cl)c(Cl)c(Cl)c(C(Cl)(Cl)Cl)c1C(=O)O. The van der Waals surface area contributed by atoms with Crippen LogP contribution in [-0.2, 0) is 3.79 Å². The maximum Gasteiger partial charge on any atom is 0.338 e. The van der Waals surface area contributed by atoms with Crippen molar-refractivity contribution in [2.24, 2.45) is 0 Å². The van der Waals surface area contributed by atoms with Crippen molar-refractivity contribution >= 4 is 81.5 Å². The second-order valence-electron chi connectivity index (χ2n) is 3.18. The largest absolute Gasteiger partial charge is 0.478 e. The Bertz CT molecular complexity index is 577. The molecular formula is C9H2Cl6O4. The zero-order valence-electron chi connectivity index (χ0n) is 8.48. The first-order valence-corrected chi connectivity index (χ1v) is 6.51. The number of benzene rings is 1. The van der Waals surface area contributed by atoms with Crippen molar-refractivity contribution < 1.29 is 19.8 Å². The average Bonchev–Trinajstić information content (AvgIpc) is 2.22. The fourth-order valence-electron chi connectivity index (χ4n) is 1.34. The molecule has 0 unspecified atom stereocenters. The Kier molecular flexibility index (Phi) is 5.10. The summed E-state index contributed by atoms with van der Waals surface area (Å²) in [5.74, 6) is -3.31. The van der Waals surface area contributed by atoms with Gasteiger partial charge in [-0.25, -0.2) is 9.59 Å². The fraction of sp³-hybridized carbons (Fsp3) is 0.111. The maximum atomic E-state index is 11.2. The fourth-order valence-corrected chi connectivity index (χ4v) is 2.89. The molecular weight excluding hydrogens is 385 g/mol. The minimum absolute atomic E-state index is 0.410. The van der Waals surface area contributed by atoms with Gasteiger partial charge in [0.2, 0.25) is 3.79 Å². The summed E-state index contributed by atoms with van der Waals surface area (Å²) in [6, 6.07) is 0. The number of hydrogen-bond donors (Lipinski definition) is 2. The molecule has 0 radical (unpaired) electrons. The molecule has 0 aliphatic heterocycles. The molecule has 0 amide bonds. The van der Waals surface area contributed by atoms with E-state index in [1.165, 1.54) is 0 Å². The summed E-state index contributed by atoms with van der Waals surface area (Å²) in [5, 5.41) is 16.7. The minimum atomic E-state index is -2.29. The number of alkyl halides is 3. The lowest BCUT2D eigenvalue weighted by Gasteiger charge is -2.20. The molecule has 10 heteroatoms. The van der Waals surface area contributed by atoms with Crippen LogP contribution in [0.3, 0.4) is 0 Å². The van der Waals surface area contributed by atoms with Crippen molar-refractivity contribution in [1.82, 2.24) is 0 Å². The molecule has 104 valence electrons. The maximum absolute atomic E-state index is 11.2. The molecule has 1 rings (SSSR count). The van der Waals surface area contributed by atoms with E-state index in [1.54, 1.807) is 0 Å². The highest BCUT2D eigenvalue weighted by Gasteiger charge is 2.38. The van der Waals surface area contributed by atoms with E-state index in [4.69, 9.17) is 79.8 Å². The van der Waals surface area contributed by atoms with E-state index in [1.807, 2.05) is 0 Å². The number of carbonyl (C=O) groups is 2. The van der Waals surface area contributed by atoms with E-state index in [-0.39, 0.29) is 0 Å². The molecule has 0 aromatic heterocycles. The summed E-state index contributed by atoms with van der Waals surface area (Å²) in [7, 11) is 0. The number of rotatable bonds is 2. The molecule has 0 fully saturated rings. The van der Waals surface area contributed by atoms with E-state index < -0.39 is 47.5 Å². The van der Waals surface area contributed by atoms with Crippen molar-refractivity contribution in [2.75, 3.05) is 0 Å². The molecule has 0 heterocycles. The lowest BCUT2D eigenvalue weighted by Crippen LogP contribution is -2.17. The molecule has 0 aliphatic carbocycles. The Morgan fingerprint density at radius 3 is 1.53 bits per heavy atom. The highest BCUT2D eigenvalue weighted by Crippen LogP contribution is 2.49. The minimum Gasteiger partial charge on any atom is -0.478 e. The van der Waals surface area contributed by atoms with Crippen LogP contribution in [-0.4, -0.2) is 22.2 Å². The molecule has 1 aromatic rings. The summed E-state index contributed by atoms with van der Waals surface area (Å²) in [4.78, 5) is 22.3. The van der Waals surface area contributed by atoms with Crippen LogP contribution in [0.1, 0.15) is 26.3 Å². The second kappa shape index (κ2) is 5.72. The van der Waals surface area contributed by atoms with Crippen LogP contribution < -0.4 is 0 Å². The van der Waals surface area contributed by atoms with Crippen LogP contribution in [0.15, 0.2) is 0 Å². The molecule has 0 spiro atoms. The smallest absolute Gasteiger partial charge is 0.338 e. The molecule has 4 nitrogen and oxygen atoms in total. The predicted molar refractivity (Wildman–Crippen MR) is 74.6 cm³/mol. The average molecular weight is 387 g/mol. The molecule has 0 saturated heterocycles. The Hall–Kier alpha value is -0.100. The van der Waals surface area contributed by atoms with E-state index in [9.17, 15) is 9.59 Å². The second-order valence-corrected chi connectivity index (χ2v) is 6.59. The van der Waals surface area contributed by atoms with Gasteiger partial charge in [0, 0.05) is 5.56 Å². The van der Waals surface area contributed by atoms with Gasteiger partial charge >= 0.3 is 11.9 Å². The first-order valence-electron chi connectivity index (χ1n) is 4.24. The van der Waals surface area contributed by atoms with Crippen LogP contribution >= 0.6 is 69.6 Å². The summed E-state index contributed by atoms with van der Waals surface area (Å²) in [6.45, 7) is 0. The van der Waals surface area contributed by atoms with Crippen molar-refractivity contribution in [3.63, 3.8) is 0 Å². The molecule has 19 heavy (non-hydrogen) atoms. The first kappa shape index (κ1) is 17.0. The lowest BCUT2D eigenvalue weighted by atomic mass is 10.0. The Morgan fingerprint density at radius 2 is 1.21 bits per heavy atom. The third-order valence-electron chi connectivity index (χ3n) is 2.04. The highest BCUT2D eigenvalue weighted by atomic mass is 35.6. The van der Waals surface area contributed by atoms with Gasteiger partial charge in [0.1, 0.15) is 0 Å². The van der Waals surface area contributed by atoms with E-state index in [0.717, 1.165) is 0 Å². The van der Waals surface area contributed by atoms with Gasteiger partial charge in [0.25, 0.3) is 0 Å². The highest BCUT2D eigenvalue weighted by molar-refractivity contribution is 6.68. The number of carboxylic acid groups (broad SMARTS) is 2. The van der Waals surface area contributed by atoms with E-state index in [2.05, 4.69) is 0 Å². The van der Waals surface area contributed by atoms with Crippen LogP contribution in [0.25, 0.3) is 0 Å². The third-order valence-corrected chi connectivity index (χ3v) is 3.93. The Morgan fingerprint density at radius 1 is 0.789 bits per heavy atom. The standard InChI is InChI=1S/C9H2Cl6O4/c10-4-2(8(18)19)1(7(16)17)3(9(13,14)15)5(11)6(4)12/h(H,16,17)(H,18,19). The van der Waals surface area contributed by atoms with Gasteiger partial charge < -0.3 is 10.2 Å². The molecule has 0 bridgehead atoms. The third kappa shape index (κ3) is 3.15. The van der Waals surface area contributed by atoms with E-state index >= 15 is 0 Å². The van der Waals surface area contributed by atoms with Crippen LogP contribution in [0.4, 0.5) is 0 Å². The van der Waals surface area contributed by atoms with Gasteiger partial charge in [-0.15, -0.1) is 0 Å². The summed E-state index contributed by atoms with van der Waals surface area (Å²) >= 11 is 34.0. The number of aromatic carboxylic acids is 2. The number of carboxylic acids is 2. The summed E-state index contributed by atoms with van der Waals surface area (Å²) in [6.07, 6.45) is 0. The Balaban J connectivity index is 4.02. The molecule has 0 aliphatic rings. The van der Waals surface area contributed by atoms with Gasteiger partial charge in [0.05, 0.1) is 26.2 Å². The van der Waals surface area contributed by atoms with Crippen molar-refractivity contribution in [2.45, 2.75) is 3.79 Å². The monoisotopic (exact) mass is 384 g/mol. The molecule has 0 atom stereocenters. The van der Waals surface area contributed by atoms with Gasteiger partial charge in [-0.05, 0) is 0 Å². The molecule has 1 aromatic carbocycles. The van der Waals surface area contributed by atoms with E-state index in [0.29, 0.717) is 0 Å². The van der Waals surface area contributed by atoms with Crippen molar-refractivity contribution in [1.29, 1.82) is 0 Å². The van der Waals surface area contributed by atoms with Gasteiger partial charge in [-0.2, -0.15) is 0 Å². The number of hydrogen-bond acceptors (Lipinski definition) is 2. The number of halogens is 6. The molecule has 2 N–H and O–H groups in total. The van der Waals surface area contributed by atoms with Gasteiger partial charge in [-0.1, -0.05) is 69.6 Å². The van der Waals surface area contributed by atoms with Gasteiger partial charge in [-0.3, -0.25) is 0 Å². The van der Waals surface area contributed by atoms with Crippen molar-refractivity contribution in [3.8, 4) is 0 Å². The summed E-state index contributed by atoms with van der Waals surface area (Å²) in [5.41, 5.74) is -2.18. The normalized spacial score (nSPS) is 11.5. The summed E-state index contributed by atoms with van der Waals surface area (Å²) < 4.78 is -2.29. The topological polar surface area (TPSA) is 74.6 Å². The van der Waals surface area contributed by atoms with Crippen LogP contribution in [0.2, 0.25) is 15.1 Å². The lowest BCUT2D eigenvalue weighted by molar-refractivity contribution is 0.0650.